The molecule has 0 saturated heterocycles. The fourth-order valence-corrected chi connectivity index (χ4v) is 3.79. The number of thiophene rings is 1. The SMILES string of the molecule is OC1CCCC(NCc2ccc(-c3ccccc3)s2)C1. The van der Waals surface area contributed by atoms with Gasteiger partial charge in [-0.15, -0.1) is 11.3 Å². The van der Waals surface area contributed by atoms with Crippen LogP contribution >= 0.6 is 11.3 Å². The lowest BCUT2D eigenvalue weighted by atomic mass is 9.93. The van der Waals surface area contributed by atoms with Gasteiger partial charge in [0.25, 0.3) is 0 Å². The molecule has 0 radical (unpaired) electrons. The fraction of sp³-hybridized carbons (Fsp3) is 0.412. The van der Waals surface area contributed by atoms with Gasteiger partial charge in [-0.2, -0.15) is 0 Å². The van der Waals surface area contributed by atoms with Crippen LogP contribution in [0.5, 0.6) is 0 Å². The second kappa shape index (κ2) is 6.53. The maximum atomic E-state index is 9.69. The Balaban J connectivity index is 1.58. The van der Waals surface area contributed by atoms with Gasteiger partial charge in [0.15, 0.2) is 0 Å². The van der Waals surface area contributed by atoms with Crippen LogP contribution in [0.1, 0.15) is 30.6 Å². The van der Waals surface area contributed by atoms with E-state index in [9.17, 15) is 5.11 Å². The van der Waals surface area contributed by atoms with E-state index in [0.717, 1.165) is 25.8 Å². The zero-order valence-corrected chi connectivity index (χ0v) is 12.4. The highest BCUT2D eigenvalue weighted by Gasteiger charge is 2.19. The molecular formula is C17H21NOS. The van der Waals surface area contributed by atoms with Gasteiger partial charge in [-0.1, -0.05) is 30.3 Å². The van der Waals surface area contributed by atoms with Crippen molar-refractivity contribution in [1.29, 1.82) is 0 Å². The molecule has 1 heterocycles. The van der Waals surface area contributed by atoms with Crippen molar-refractivity contribution in [3.8, 4) is 10.4 Å². The van der Waals surface area contributed by atoms with E-state index in [2.05, 4.69) is 41.7 Å². The minimum atomic E-state index is -0.107. The number of aliphatic hydroxyl groups is 1. The molecular weight excluding hydrogens is 266 g/mol. The van der Waals surface area contributed by atoms with Gasteiger partial charge >= 0.3 is 0 Å². The molecule has 20 heavy (non-hydrogen) atoms. The monoisotopic (exact) mass is 287 g/mol. The molecule has 1 aromatic carbocycles. The van der Waals surface area contributed by atoms with Gasteiger partial charge in [0.2, 0.25) is 0 Å². The van der Waals surface area contributed by atoms with Crippen LogP contribution in [0.15, 0.2) is 42.5 Å². The Morgan fingerprint density at radius 1 is 1.10 bits per heavy atom. The first kappa shape index (κ1) is 13.8. The minimum absolute atomic E-state index is 0.107. The maximum Gasteiger partial charge on any atom is 0.0555 e. The first-order valence-corrected chi connectivity index (χ1v) is 8.18. The standard InChI is InChI=1S/C17H21NOS/c19-15-8-4-7-14(11-15)18-12-16-9-10-17(20-16)13-5-2-1-3-6-13/h1-3,5-6,9-10,14-15,18-19H,4,7-8,11-12H2. The molecule has 1 aliphatic carbocycles. The van der Waals surface area contributed by atoms with Crippen LogP contribution in [0, 0.1) is 0 Å². The van der Waals surface area contributed by atoms with Crippen molar-refractivity contribution in [3.63, 3.8) is 0 Å². The Morgan fingerprint density at radius 3 is 2.75 bits per heavy atom. The van der Waals surface area contributed by atoms with Crippen molar-refractivity contribution in [2.45, 2.75) is 44.4 Å². The van der Waals surface area contributed by atoms with Crippen LogP contribution in [0.3, 0.4) is 0 Å². The lowest BCUT2D eigenvalue weighted by Gasteiger charge is -2.26. The molecule has 2 atom stereocenters. The molecule has 2 aromatic rings. The predicted octanol–water partition coefficient (Wildman–Crippen LogP) is 3.81. The molecule has 1 saturated carbocycles. The summed E-state index contributed by atoms with van der Waals surface area (Å²) >= 11 is 1.85. The largest absolute Gasteiger partial charge is 0.393 e. The van der Waals surface area contributed by atoms with Crippen molar-refractivity contribution in [2.75, 3.05) is 0 Å². The molecule has 106 valence electrons. The summed E-state index contributed by atoms with van der Waals surface area (Å²) in [4.78, 5) is 2.69. The van der Waals surface area contributed by atoms with Gasteiger partial charge in [0.05, 0.1) is 6.10 Å². The van der Waals surface area contributed by atoms with Gasteiger partial charge in [-0.3, -0.25) is 0 Å². The molecule has 0 spiro atoms. The zero-order chi connectivity index (χ0) is 13.8. The third-order valence-electron chi connectivity index (χ3n) is 3.93. The number of benzene rings is 1. The summed E-state index contributed by atoms with van der Waals surface area (Å²) in [5.41, 5.74) is 1.29. The molecule has 3 rings (SSSR count). The molecule has 0 bridgehead atoms. The van der Waals surface area contributed by atoms with Gasteiger partial charge < -0.3 is 10.4 Å². The molecule has 1 aliphatic rings. The summed E-state index contributed by atoms with van der Waals surface area (Å²) in [6.45, 7) is 0.912. The summed E-state index contributed by atoms with van der Waals surface area (Å²) < 4.78 is 0. The van der Waals surface area contributed by atoms with Gasteiger partial charge in [0, 0.05) is 22.3 Å². The predicted molar refractivity (Wildman–Crippen MR) is 84.9 cm³/mol. The molecule has 1 fully saturated rings. The Morgan fingerprint density at radius 2 is 1.95 bits per heavy atom. The first-order chi connectivity index (χ1) is 9.81. The summed E-state index contributed by atoms with van der Waals surface area (Å²) in [7, 11) is 0. The molecule has 3 heteroatoms. The highest BCUT2D eigenvalue weighted by Crippen LogP contribution is 2.28. The van der Waals surface area contributed by atoms with E-state index in [1.807, 2.05) is 17.4 Å². The van der Waals surface area contributed by atoms with E-state index in [1.165, 1.54) is 21.7 Å². The summed E-state index contributed by atoms with van der Waals surface area (Å²) in [5.74, 6) is 0. The van der Waals surface area contributed by atoms with Crippen LogP contribution in [0.25, 0.3) is 10.4 Å². The third-order valence-corrected chi connectivity index (χ3v) is 5.07. The first-order valence-electron chi connectivity index (χ1n) is 7.37. The summed E-state index contributed by atoms with van der Waals surface area (Å²) in [5, 5.41) is 13.3. The van der Waals surface area contributed by atoms with Crippen LogP contribution in [-0.4, -0.2) is 17.3 Å². The Hall–Kier alpha value is -1.16. The van der Waals surface area contributed by atoms with Crippen molar-refractivity contribution in [2.24, 2.45) is 0 Å². The second-order valence-corrected chi connectivity index (χ2v) is 6.70. The Bertz CT molecular complexity index is 537. The average molecular weight is 287 g/mol. The maximum absolute atomic E-state index is 9.69. The van der Waals surface area contributed by atoms with Crippen LogP contribution in [-0.2, 0) is 6.54 Å². The normalized spacial score (nSPS) is 22.9. The lowest BCUT2D eigenvalue weighted by molar-refractivity contribution is 0.111. The van der Waals surface area contributed by atoms with E-state index in [4.69, 9.17) is 0 Å². The van der Waals surface area contributed by atoms with Gasteiger partial charge in [-0.25, -0.2) is 0 Å². The van der Waals surface area contributed by atoms with E-state index in [-0.39, 0.29) is 6.10 Å². The molecule has 2 nitrogen and oxygen atoms in total. The van der Waals surface area contributed by atoms with Gasteiger partial charge in [-0.05, 0) is 43.4 Å². The highest BCUT2D eigenvalue weighted by molar-refractivity contribution is 7.15. The zero-order valence-electron chi connectivity index (χ0n) is 11.6. The highest BCUT2D eigenvalue weighted by atomic mass is 32.1. The van der Waals surface area contributed by atoms with E-state index in [1.54, 1.807) is 0 Å². The molecule has 1 aromatic heterocycles. The number of rotatable bonds is 4. The topological polar surface area (TPSA) is 32.3 Å². The second-order valence-electron chi connectivity index (χ2n) is 5.53. The van der Waals surface area contributed by atoms with Crippen molar-refractivity contribution < 1.29 is 5.11 Å². The number of hydrogen-bond acceptors (Lipinski definition) is 3. The summed E-state index contributed by atoms with van der Waals surface area (Å²) in [6.07, 6.45) is 4.09. The average Bonchev–Trinajstić information content (AvgIpc) is 2.95. The molecule has 0 amide bonds. The summed E-state index contributed by atoms with van der Waals surface area (Å²) in [6, 6.07) is 15.4. The number of hydrogen-bond donors (Lipinski definition) is 2. The van der Waals surface area contributed by atoms with Gasteiger partial charge in [0.1, 0.15) is 0 Å². The Labute approximate surface area is 124 Å². The van der Waals surface area contributed by atoms with Crippen molar-refractivity contribution >= 4 is 11.3 Å². The molecule has 0 aliphatic heterocycles. The lowest BCUT2D eigenvalue weighted by Crippen LogP contribution is -2.35. The molecule has 2 unspecified atom stereocenters. The number of nitrogens with one attached hydrogen (secondary N) is 1. The third kappa shape index (κ3) is 3.48. The minimum Gasteiger partial charge on any atom is -0.393 e. The van der Waals surface area contributed by atoms with E-state index < -0.39 is 0 Å². The van der Waals surface area contributed by atoms with E-state index in [0.29, 0.717) is 6.04 Å². The smallest absolute Gasteiger partial charge is 0.0555 e. The Kier molecular flexibility index (Phi) is 4.51. The quantitative estimate of drug-likeness (QED) is 0.896. The van der Waals surface area contributed by atoms with Crippen molar-refractivity contribution in [3.05, 3.63) is 47.3 Å². The van der Waals surface area contributed by atoms with Crippen LogP contribution in [0.4, 0.5) is 0 Å². The fourth-order valence-electron chi connectivity index (χ4n) is 2.82. The number of aliphatic hydroxyl groups excluding tert-OH is 1. The molecule has 2 N–H and O–H groups in total. The van der Waals surface area contributed by atoms with Crippen LogP contribution in [0.2, 0.25) is 0 Å². The van der Waals surface area contributed by atoms with Crippen molar-refractivity contribution in [1.82, 2.24) is 5.32 Å². The van der Waals surface area contributed by atoms with Crippen LogP contribution < -0.4 is 5.32 Å². The van der Waals surface area contributed by atoms with E-state index >= 15 is 0 Å².